The van der Waals surface area contributed by atoms with Crippen molar-refractivity contribution < 1.29 is 18.3 Å². The molecule has 1 amide bonds. The number of halogens is 2. The van der Waals surface area contributed by atoms with Crippen molar-refractivity contribution in [2.24, 2.45) is 4.99 Å². The number of amides is 1. The van der Waals surface area contributed by atoms with Crippen LogP contribution in [0.4, 0.5) is 8.78 Å². The largest absolute Gasteiger partial charge is 0.490 e. The van der Waals surface area contributed by atoms with Gasteiger partial charge in [0.15, 0.2) is 0 Å². The molecule has 0 saturated heterocycles. The first kappa shape index (κ1) is 20.1. The van der Waals surface area contributed by atoms with Gasteiger partial charge in [0.05, 0.1) is 29.6 Å². The Balaban J connectivity index is 1.39. The lowest BCUT2D eigenvalue weighted by molar-refractivity contribution is 0.0914. The van der Waals surface area contributed by atoms with Crippen molar-refractivity contribution >= 4 is 17.2 Å². The Morgan fingerprint density at radius 3 is 2.75 bits per heavy atom. The minimum Gasteiger partial charge on any atom is -0.490 e. The molecule has 0 bridgehead atoms. The van der Waals surface area contributed by atoms with E-state index in [1.165, 1.54) is 24.3 Å². The monoisotopic (exact) mass is 431 g/mol. The number of rotatable bonds is 4. The summed E-state index contributed by atoms with van der Waals surface area (Å²) in [7, 11) is 0. The number of aliphatic imine (C=N–C) groups is 1. The first-order valence-electron chi connectivity index (χ1n) is 10.3. The Kier molecular flexibility index (Phi) is 5.23. The normalized spacial score (nSPS) is 17.1. The predicted molar refractivity (Wildman–Crippen MR) is 117 cm³/mol. The van der Waals surface area contributed by atoms with Crippen LogP contribution in [-0.2, 0) is 6.42 Å². The highest BCUT2D eigenvalue weighted by Gasteiger charge is 2.26. The second-order valence-electron chi connectivity index (χ2n) is 7.67. The fourth-order valence-electron chi connectivity index (χ4n) is 3.94. The molecule has 160 valence electrons. The number of pyridine rings is 1. The molecule has 5 rings (SSSR count). The standard InChI is InChI=1S/C25H19F2N3O2/c26-17-8-6-15(7-9-17)16-11-22(29-13-16)24-19(3-1-4-20(24)27)25(31)30-18-12-21-23(32-14-18)5-2-10-28-21/h1-11,18H,12-14H2,(H,30,31)/t18-/m1/s1. The second-order valence-corrected chi connectivity index (χ2v) is 7.67. The van der Waals surface area contributed by atoms with Crippen LogP contribution in [0.25, 0.3) is 5.57 Å². The van der Waals surface area contributed by atoms with Gasteiger partial charge in [0, 0.05) is 18.2 Å². The van der Waals surface area contributed by atoms with E-state index in [-0.39, 0.29) is 23.0 Å². The first-order valence-corrected chi connectivity index (χ1v) is 10.3. The van der Waals surface area contributed by atoms with E-state index in [4.69, 9.17) is 4.74 Å². The lowest BCUT2D eigenvalue weighted by atomic mass is 9.98. The summed E-state index contributed by atoms with van der Waals surface area (Å²) in [6.07, 6.45) is 3.95. The fraction of sp³-hybridized carbons (Fsp3) is 0.160. The van der Waals surface area contributed by atoms with Gasteiger partial charge < -0.3 is 10.1 Å². The van der Waals surface area contributed by atoms with E-state index in [9.17, 15) is 13.6 Å². The lowest BCUT2D eigenvalue weighted by Gasteiger charge is -2.25. The molecule has 7 heteroatoms. The van der Waals surface area contributed by atoms with Gasteiger partial charge in [-0.05, 0) is 53.6 Å². The van der Waals surface area contributed by atoms with Crippen molar-refractivity contribution in [3.63, 3.8) is 0 Å². The van der Waals surface area contributed by atoms with Crippen LogP contribution in [0.2, 0.25) is 0 Å². The van der Waals surface area contributed by atoms with Crippen LogP contribution in [0, 0.1) is 11.6 Å². The summed E-state index contributed by atoms with van der Waals surface area (Å²) >= 11 is 0. The third kappa shape index (κ3) is 3.89. The van der Waals surface area contributed by atoms with Crippen molar-refractivity contribution in [1.29, 1.82) is 0 Å². The van der Waals surface area contributed by atoms with Gasteiger partial charge in [-0.25, -0.2) is 8.78 Å². The van der Waals surface area contributed by atoms with E-state index in [0.29, 0.717) is 31.0 Å². The number of nitrogens with zero attached hydrogens (tertiary/aromatic N) is 2. The van der Waals surface area contributed by atoms with Gasteiger partial charge in [0.25, 0.3) is 5.91 Å². The number of nitrogens with one attached hydrogen (secondary N) is 1. The van der Waals surface area contributed by atoms with Crippen molar-refractivity contribution in [3.8, 4) is 5.75 Å². The molecule has 1 aromatic heterocycles. The molecule has 3 heterocycles. The number of carbonyl (C=O) groups excluding carboxylic acids is 1. The van der Waals surface area contributed by atoms with Gasteiger partial charge >= 0.3 is 0 Å². The van der Waals surface area contributed by atoms with Gasteiger partial charge in [-0.1, -0.05) is 18.2 Å². The number of allylic oxidation sites excluding steroid dienone is 1. The molecular weight excluding hydrogens is 412 g/mol. The van der Waals surface area contributed by atoms with E-state index in [1.54, 1.807) is 36.5 Å². The van der Waals surface area contributed by atoms with E-state index < -0.39 is 11.7 Å². The molecule has 1 N–H and O–H groups in total. The van der Waals surface area contributed by atoms with Crippen molar-refractivity contribution in [2.75, 3.05) is 13.2 Å². The highest BCUT2D eigenvalue weighted by molar-refractivity contribution is 6.19. The maximum Gasteiger partial charge on any atom is 0.252 e. The third-order valence-electron chi connectivity index (χ3n) is 5.52. The molecule has 1 atom stereocenters. The van der Waals surface area contributed by atoms with Gasteiger partial charge in [0.1, 0.15) is 24.0 Å². The zero-order valence-corrected chi connectivity index (χ0v) is 17.0. The summed E-state index contributed by atoms with van der Waals surface area (Å²) in [6, 6.07) is 13.8. The molecule has 0 aliphatic carbocycles. The summed E-state index contributed by atoms with van der Waals surface area (Å²) in [6.45, 7) is 0.639. The number of carbonyl (C=O) groups is 1. The topological polar surface area (TPSA) is 63.6 Å². The molecule has 5 nitrogen and oxygen atoms in total. The summed E-state index contributed by atoms with van der Waals surface area (Å²) < 4.78 is 33.8. The molecule has 2 aromatic carbocycles. The molecule has 0 spiro atoms. The lowest BCUT2D eigenvalue weighted by Crippen LogP contribution is -2.43. The van der Waals surface area contributed by atoms with Crippen molar-refractivity contribution in [1.82, 2.24) is 10.3 Å². The van der Waals surface area contributed by atoms with Crippen LogP contribution in [-0.4, -0.2) is 35.8 Å². The highest BCUT2D eigenvalue weighted by Crippen LogP contribution is 2.26. The predicted octanol–water partition coefficient (Wildman–Crippen LogP) is 3.98. The molecule has 32 heavy (non-hydrogen) atoms. The average Bonchev–Trinajstić information content (AvgIpc) is 3.29. The number of benzene rings is 2. The maximum atomic E-state index is 14.8. The molecule has 0 saturated carbocycles. The molecule has 2 aliphatic heterocycles. The zero-order valence-electron chi connectivity index (χ0n) is 17.0. The Labute approximate surface area is 183 Å². The molecule has 0 unspecified atom stereocenters. The maximum absolute atomic E-state index is 14.8. The third-order valence-corrected chi connectivity index (χ3v) is 5.52. The second kappa shape index (κ2) is 8.34. The highest BCUT2D eigenvalue weighted by atomic mass is 19.1. The zero-order chi connectivity index (χ0) is 22.1. The van der Waals surface area contributed by atoms with Gasteiger partial charge in [-0.15, -0.1) is 0 Å². The minimum atomic E-state index is -0.528. The number of hydrogen-bond donors (Lipinski definition) is 1. The summed E-state index contributed by atoms with van der Waals surface area (Å²) in [4.78, 5) is 21.8. The molecule has 0 radical (unpaired) electrons. The summed E-state index contributed by atoms with van der Waals surface area (Å²) in [5.41, 5.74) is 3.15. The van der Waals surface area contributed by atoms with E-state index in [2.05, 4.69) is 15.3 Å². The van der Waals surface area contributed by atoms with Crippen LogP contribution in [0.15, 0.2) is 71.9 Å². The molecule has 0 fully saturated rings. The number of aromatic nitrogens is 1. The smallest absolute Gasteiger partial charge is 0.252 e. The van der Waals surface area contributed by atoms with Crippen LogP contribution in [0.1, 0.15) is 27.2 Å². The Morgan fingerprint density at radius 1 is 1.06 bits per heavy atom. The summed E-state index contributed by atoms with van der Waals surface area (Å²) in [5.74, 6) is -0.548. The minimum absolute atomic E-state index is 0.150. The van der Waals surface area contributed by atoms with Gasteiger partial charge in [0.2, 0.25) is 0 Å². The van der Waals surface area contributed by atoms with Crippen molar-refractivity contribution in [2.45, 2.75) is 12.5 Å². The SMILES string of the molecule is O=C(N[C@H]1COc2cccnc2C1)c1cccc(F)c1C1=NCC(c2ccc(F)cc2)=C1. The van der Waals surface area contributed by atoms with Crippen molar-refractivity contribution in [3.05, 3.63) is 101 Å². The van der Waals surface area contributed by atoms with Crippen LogP contribution < -0.4 is 10.1 Å². The molecule has 2 aliphatic rings. The van der Waals surface area contributed by atoms with E-state index in [1.807, 2.05) is 6.07 Å². The summed E-state index contributed by atoms with van der Waals surface area (Å²) in [5, 5.41) is 2.93. The van der Waals surface area contributed by atoms with E-state index in [0.717, 1.165) is 16.8 Å². The molecular formula is C25H19F2N3O2. The Morgan fingerprint density at radius 2 is 1.91 bits per heavy atom. The number of hydrogen-bond acceptors (Lipinski definition) is 4. The number of ether oxygens (including phenoxy) is 1. The van der Waals surface area contributed by atoms with Crippen LogP contribution in [0.3, 0.4) is 0 Å². The van der Waals surface area contributed by atoms with Gasteiger partial charge in [-0.3, -0.25) is 14.8 Å². The Bertz CT molecular complexity index is 1250. The average molecular weight is 431 g/mol. The molecule has 3 aromatic rings. The quantitative estimate of drug-likeness (QED) is 0.680. The number of fused-ring (bicyclic) bond motifs is 1. The fourth-order valence-corrected chi connectivity index (χ4v) is 3.94. The Hall–Kier alpha value is -3.87. The van der Waals surface area contributed by atoms with Crippen LogP contribution in [0.5, 0.6) is 5.75 Å². The first-order chi connectivity index (χ1) is 15.6. The van der Waals surface area contributed by atoms with Gasteiger partial charge in [-0.2, -0.15) is 0 Å². The van der Waals surface area contributed by atoms with Crippen LogP contribution >= 0.6 is 0 Å². The van der Waals surface area contributed by atoms with E-state index >= 15 is 0 Å².